The maximum absolute atomic E-state index is 12.3. The Bertz CT molecular complexity index is 624. The summed E-state index contributed by atoms with van der Waals surface area (Å²) in [5.74, 6) is -0.954. The average molecular weight is 288 g/mol. The third-order valence-corrected chi connectivity index (χ3v) is 2.82. The molecule has 1 aromatic heterocycles. The van der Waals surface area contributed by atoms with Crippen LogP contribution in [0.2, 0.25) is 0 Å². The number of nitrogens with zero attached hydrogens (tertiary/aromatic N) is 3. The Kier molecular flexibility index (Phi) is 4.55. The van der Waals surface area contributed by atoms with E-state index in [-0.39, 0.29) is 13.0 Å². The second-order valence-electron chi connectivity index (χ2n) is 4.46. The van der Waals surface area contributed by atoms with Gasteiger partial charge in [-0.05, 0) is 12.1 Å². The largest absolute Gasteiger partial charge is 0.481 e. The van der Waals surface area contributed by atoms with Gasteiger partial charge in [-0.3, -0.25) is 14.4 Å². The molecule has 0 spiro atoms. The highest BCUT2D eigenvalue weighted by molar-refractivity contribution is 6.01. The number of benzene rings is 1. The molecular weight excluding hydrogens is 272 g/mol. The van der Waals surface area contributed by atoms with Crippen molar-refractivity contribution in [3.8, 4) is 0 Å². The topological polar surface area (TPSA) is 87.5 Å². The van der Waals surface area contributed by atoms with E-state index in [4.69, 9.17) is 5.11 Å². The molecule has 0 aliphatic carbocycles. The van der Waals surface area contributed by atoms with Crippen molar-refractivity contribution in [2.24, 2.45) is 7.05 Å². The minimum absolute atomic E-state index is 0.0887. The van der Waals surface area contributed by atoms with Gasteiger partial charge < -0.3 is 10.4 Å². The van der Waals surface area contributed by atoms with Gasteiger partial charge in [0.1, 0.15) is 0 Å². The lowest BCUT2D eigenvalue weighted by atomic mass is 10.2. The quantitative estimate of drug-likeness (QED) is 0.880. The summed E-state index contributed by atoms with van der Waals surface area (Å²) in [5, 5.41) is 15.5. The van der Waals surface area contributed by atoms with Gasteiger partial charge in [0.25, 0.3) is 0 Å². The van der Waals surface area contributed by atoms with Gasteiger partial charge in [-0.15, -0.1) is 0 Å². The Morgan fingerprint density at radius 2 is 2.05 bits per heavy atom. The number of amides is 2. The molecule has 21 heavy (non-hydrogen) atoms. The smallest absolute Gasteiger partial charge is 0.326 e. The highest BCUT2D eigenvalue weighted by Gasteiger charge is 2.17. The van der Waals surface area contributed by atoms with E-state index in [9.17, 15) is 9.59 Å². The fourth-order valence-corrected chi connectivity index (χ4v) is 1.84. The highest BCUT2D eigenvalue weighted by atomic mass is 16.4. The van der Waals surface area contributed by atoms with Crippen LogP contribution in [-0.4, -0.2) is 33.4 Å². The van der Waals surface area contributed by atoms with Crippen LogP contribution in [0.5, 0.6) is 0 Å². The molecule has 0 radical (unpaired) electrons. The number of aliphatic carboxylic acids is 1. The molecule has 0 aliphatic rings. The van der Waals surface area contributed by atoms with Crippen molar-refractivity contribution in [1.29, 1.82) is 0 Å². The van der Waals surface area contributed by atoms with Crippen molar-refractivity contribution < 1.29 is 14.7 Å². The predicted octanol–water partition coefficient (Wildman–Crippen LogP) is 1.93. The number of carbonyl (C=O) groups excluding carboxylic acids is 1. The molecule has 0 bridgehead atoms. The number of hydrogen-bond acceptors (Lipinski definition) is 3. The summed E-state index contributed by atoms with van der Waals surface area (Å²) >= 11 is 0. The van der Waals surface area contributed by atoms with Crippen LogP contribution in [-0.2, 0) is 11.8 Å². The Hall–Kier alpha value is -2.83. The van der Waals surface area contributed by atoms with Crippen LogP contribution < -0.4 is 10.2 Å². The van der Waals surface area contributed by atoms with Crippen LogP contribution in [0.4, 0.5) is 16.2 Å². The van der Waals surface area contributed by atoms with Crippen molar-refractivity contribution in [1.82, 2.24) is 9.78 Å². The predicted molar refractivity (Wildman–Crippen MR) is 78.3 cm³/mol. The van der Waals surface area contributed by atoms with Gasteiger partial charge in [0.2, 0.25) is 0 Å². The van der Waals surface area contributed by atoms with Crippen molar-refractivity contribution in [3.63, 3.8) is 0 Å². The number of para-hydroxylation sites is 1. The lowest BCUT2D eigenvalue weighted by molar-refractivity contribution is -0.136. The number of aryl methyl sites for hydroxylation is 1. The molecule has 2 rings (SSSR count). The van der Waals surface area contributed by atoms with E-state index in [1.54, 1.807) is 42.2 Å². The van der Waals surface area contributed by atoms with Crippen LogP contribution in [0, 0.1) is 0 Å². The summed E-state index contributed by atoms with van der Waals surface area (Å²) in [4.78, 5) is 24.5. The van der Waals surface area contributed by atoms with Crippen molar-refractivity contribution in [2.45, 2.75) is 6.42 Å². The maximum Gasteiger partial charge on any atom is 0.326 e. The molecule has 110 valence electrons. The van der Waals surface area contributed by atoms with E-state index in [1.165, 1.54) is 11.1 Å². The molecule has 0 saturated carbocycles. The highest BCUT2D eigenvalue weighted by Crippen LogP contribution is 2.16. The molecule has 1 heterocycles. The molecule has 0 aliphatic heterocycles. The number of nitrogens with one attached hydrogen (secondary N) is 1. The van der Waals surface area contributed by atoms with Gasteiger partial charge in [-0.1, -0.05) is 18.2 Å². The molecule has 2 aromatic rings. The fraction of sp³-hybridized carbons (Fsp3) is 0.214. The number of carboxylic acids is 1. The first-order valence-electron chi connectivity index (χ1n) is 6.40. The van der Waals surface area contributed by atoms with E-state index >= 15 is 0 Å². The first-order chi connectivity index (χ1) is 10.1. The lowest BCUT2D eigenvalue weighted by Crippen LogP contribution is -2.36. The summed E-state index contributed by atoms with van der Waals surface area (Å²) in [7, 11) is 1.75. The van der Waals surface area contributed by atoms with Crippen LogP contribution >= 0.6 is 0 Å². The van der Waals surface area contributed by atoms with Gasteiger partial charge in [0.15, 0.2) is 0 Å². The zero-order valence-corrected chi connectivity index (χ0v) is 11.6. The van der Waals surface area contributed by atoms with Crippen molar-refractivity contribution in [2.75, 3.05) is 16.8 Å². The minimum atomic E-state index is -0.954. The summed E-state index contributed by atoms with van der Waals surface area (Å²) in [6.07, 6.45) is 3.06. The summed E-state index contributed by atoms with van der Waals surface area (Å²) in [6, 6.07) is 8.53. The second kappa shape index (κ2) is 6.56. The third kappa shape index (κ3) is 4.07. The average Bonchev–Trinajstić information content (AvgIpc) is 2.85. The molecule has 0 fully saturated rings. The lowest BCUT2D eigenvalue weighted by Gasteiger charge is -2.22. The number of carboxylic acid groups (broad SMARTS) is 1. The van der Waals surface area contributed by atoms with E-state index in [1.807, 2.05) is 6.07 Å². The molecule has 1 aromatic carbocycles. The van der Waals surface area contributed by atoms with Crippen LogP contribution in [0.15, 0.2) is 42.7 Å². The number of hydrogen-bond donors (Lipinski definition) is 2. The standard InChI is InChI=1S/C14H16N4O3/c1-17-10-11(9-15-17)16-14(21)18(8-7-13(19)20)12-5-3-2-4-6-12/h2-6,9-10H,7-8H2,1H3,(H,16,21)(H,19,20). The van der Waals surface area contributed by atoms with E-state index in [2.05, 4.69) is 10.4 Å². The van der Waals surface area contributed by atoms with Crippen LogP contribution in [0.3, 0.4) is 0 Å². The van der Waals surface area contributed by atoms with Crippen LogP contribution in [0.1, 0.15) is 6.42 Å². The van der Waals surface area contributed by atoms with E-state index < -0.39 is 12.0 Å². The Labute approximate surface area is 121 Å². The molecule has 7 nitrogen and oxygen atoms in total. The van der Waals surface area contributed by atoms with Gasteiger partial charge in [0.05, 0.1) is 18.3 Å². The normalized spacial score (nSPS) is 10.1. The number of rotatable bonds is 5. The summed E-state index contributed by atoms with van der Waals surface area (Å²) < 4.78 is 1.57. The number of anilines is 2. The zero-order valence-electron chi connectivity index (χ0n) is 11.6. The number of aromatic nitrogens is 2. The second-order valence-corrected chi connectivity index (χ2v) is 4.46. The third-order valence-electron chi connectivity index (χ3n) is 2.82. The Balaban J connectivity index is 2.14. The Morgan fingerprint density at radius 3 is 2.62 bits per heavy atom. The summed E-state index contributed by atoms with van der Waals surface area (Å²) in [6.45, 7) is 0.0887. The van der Waals surface area contributed by atoms with Gasteiger partial charge in [-0.2, -0.15) is 5.10 Å². The zero-order chi connectivity index (χ0) is 15.2. The number of carbonyl (C=O) groups is 2. The van der Waals surface area contributed by atoms with Gasteiger partial charge in [-0.25, -0.2) is 4.79 Å². The molecule has 7 heteroatoms. The molecule has 0 unspecified atom stereocenters. The first-order valence-corrected chi connectivity index (χ1v) is 6.40. The van der Waals surface area contributed by atoms with Gasteiger partial charge >= 0.3 is 12.0 Å². The maximum atomic E-state index is 12.3. The van der Waals surface area contributed by atoms with Crippen LogP contribution in [0.25, 0.3) is 0 Å². The minimum Gasteiger partial charge on any atom is -0.481 e. The molecule has 2 N–H and O–H groups in total. The van der Waals surface area contributed by atoms with E-state index in [0.29, 0.717) is 11.4 Å². The Morgan fingerprint density at radius 1 is 1.33 bits per heavy atom. The summed E-state index contributed by atoms with van der Waals surface area (Å²) in [5.41, 5.74) is 1.19. The van der Waals surface area contributed by atoms with Crippen molar-refractivity contribution in [3.05, 3.63) is 42.7 Å². The van der Waals surface area contributed by atoms with E-state index in [0.717, 1.165) is 0 Å². The molecular formula is C14H16N4O3. The monoisotopic (exact) mass is 288 g/mol. The molecule has 0 saturated heterocycles. The SMILES string of the molecule is Cn1cc(NC(=O)N(CCC(=O)O)c2ccccc2)cn1. The fourth-order valence-electron chi connectivity index (χ4n) is 1.84. The molecule has 0 atom stereocenters. The molecule has 2 amide bonds. The number of urea groups is 1. The van der Waals surface area contributed by atoms with Gasteiger partial charge in [0, 0.05) is 25.5 Å². The van der Waals surface area contributed by atoms with Crippen molar-refractivity contribution >= 4 is 23.4 Å². The first kappa shape index (κ1) is 14.6.